The van der Waals surface area contributed by atoms with Crippen molar-refractivity contribution in [3.63, 3.8) is 0 Å². The van der Waals surface area contributed by atoms with Gasteiger partial charge >= 0.3 is 0 Å². The molecule has 2 heterocycles. The topological polar surface area (TPSA) is 64.4 Å². The van der Waals surface area contributed by atoms with Crippen LogP contribution in [0.15, 0.2) is 29.3 Å². The van der Waals surface area contributed by atoms with Crippen molar-refractivity contribution in [2.24, 2.45) is 0 Å². The zero-order valence-electron chi connectivity index (χ0n) is 12.8. The molecule has 0 saturated carbocycles. The molecule has 1 aliphatic heterocycles. The van der Waals surface area contributed by atoms with Crippen molar-refractivity contribution in [2.75, 3.05) is 19.8 Å². The lowest BCUT2D eigenvalue weighted by Gasteiger charge is -2.33. The van der Waals surface area contributed by atoms with E-state index in [1.807, 2.05) is 26.0 Å². The van der Waals surface area contributed by atoms with E-state index >= 15 is 0 Å². The molecule has 0 N–H and O–H groups in total. The van der Waals surface area contributed by atoms with Gasteiger partial charge in [-0.15, -0.1) is 0 Å². The third-order valence-electron chi connectivity index (χ3n) is 4.05. The Hall–Kier alpha value is -2.21. The summed E-state index contributed by atoms with van der Waals surface area (Å²) in [6.45, 7) is 5.52. The molecule has 3 rings (SSSR count). The van der Waals surface area contributed by atoms with Gasteiger partial charge in [-0.1, -0.05) is 12.1 Å². The predicted octanol–water partition coefficient (Wildman–Crippen LogP) is 0.952. The molecule has 1 atom stereocenters. The summed E-state index contributed by atoms with van der Waals surface area (Å²) in [5, 5.41) is 0.547. The van der Waals surface area contributed by atoms with E-state index in [9.17, 15) is 9.59 Å². The Kier molecular flexibility index (Phi) is 3.94. The van der Waals surface area contributed by atoms with E-state index in [-0.39, 0.29) is 24.1 Å². The number of nitrogens with zero attached hydrogens (tertiary/aromatic N) is 3. The van der Waals surface area contributed by atoms with E-state index in [0.717, 1.165) is 5.56 Å². The van der Waals surface area contributed by atoms with Gasteiger partial charge in [0, 0.05) is 6.54 Å². The Bertz CT molecular complexity index is 769. The van der Waals surface area contributed by atoms with E-state index in [1.165, 1.54) is 10.9 Å². The predicted molar refractivity (Wildman–Crippen MR) is 82.7 cm³/mol. The van der Waals surface area contributed by atoms with Gasteiger partial charge in [0.15, 0.2) is 0 Å². The molecule has 0 unspecified atom stereocenters. The molecule has 1 fully saturated rings. The first-order valence-corrected chi connectivity index (χ1v) is 7.40. The van der Waals surface area contributed by atoms with Gasteiger partial charge in [-0.05, 0) is 25.5 Å². The fraction of sp³-hybridized carbons (Fsp3) is 0.438. The van der Waals surface area contributed by atoms with Crippen LogP contribution in [0.5, 0.6) is 0 Å². The molecule has 22 heavy (non-hydrogen) atoms. The van der Waals surface area contributed by atoms with Crippen molar-refractivity contribution in [3.8, 4) is 0 Å². The molecule has 6 nitrogen and oxygen atoms in total. The minimum Gasteiger partial charge on any atom is -0.377 e. The first-order valence-electron chi connectivity index (χ1n) is 7.40. The molecule has 1 aromatic carbocycles. The second-order valence-electron chi connectivity index (χ2n) is 5.66. The normalized spacial score (nSPS) is 18.6. The van der Waals surface area contributed by atoms with Crippen molar-refractivity contribution in [1.82, 2.24) is 14.5 Å². The number of carbonyl (C=O) groups excluding carboxylic acids is 1. The third-order valence-corrected chi connectivity index (χ3v) is 4.05. The van der Waals surface area contributed by atoms with Crippen LogP contribution in [-0.4, -0.2) is 46.2 Å². The fourth-order valence-electron chi connectivity index (χ4n) is 2.78. The maximum absolute atomic E-state index is 12.5. The average Bonchev–Trinajstić information content (AvgIpc) is 2.51. The summed E-state index contributed by atoms with van der Waals surface area (Å²) in [5.74, 6) is -0.0771. The number of benzene rings is 1. The summed E-state index contributed by atoms with van der Waals surface area (Å²) >= 11 is 0. The number of hydrogen-bond donors (Lipinski definition) is 0. The first kappa shape index (κ1) is 14.7. The zero-order valence-corrected chi connectivity index (χ0v) is 12.8. The number of ether oxygens (including phenoxy) is 1. The highest BCUT2D eigenvalue weighted by molar-refractivity contribution is 5.81. The number of carbonyl (C=O) groups is 1. The number of hydrogen-bond acceptors (Lipinski definition) is 4. The lowest BCUT2D eigenvalue weighted by Crippen LogP contribution is -2.48. The van der Waals surface area contributed by atoms with Gasteiger partial charge in [-0.25, -0.2) is 4.98 Å². The largest absolute Gasteiger partial charge is 0.377 e. The lowest BCUT2D eigenvalue weighted by molar-refractivity contribution is -0.139. The Labute approximate surface area is 128 Å². The molecule has 1 saturated heterocycles. The van der Waals surface area contributed by atoms with Gasteiger partial charge < -0.3 is 9.64 Å². The fourth-order valence-corrected chi connectivity index (χ4v) is 2.78. The number of para-hydroxylation sites is 1. The Morgan fingerprint density at radius 2 is 2.27 bits per heavy atom. The molecule has 0 bridgehead atoms. The first-order chi connectivity index (χ1) is 10.6. The number of amides is 1. The number of morpholine rings is 1. The van der Waals surface area contributed by atoms with E-state index < -0.39 is 0 Å². The Morgan fingerprint density at radius 3 is 3.05 bits per heavy atom. The van der Waals surface area contributed by atoms with Crippen molar-refractivity contribution in [3.05, 3.63) is 40.4 Å². The molecular formula is C16H19N3O3. The van der Waals surface area contributed by atoms with E-state index in [0.29, 0.717) is 30.7 Å². The standard InChI is InChI=1S/C16H19N3O3/c1-11-4-3-5-13-15(11)17-10-18(16(13)21)8-14(20)19-6-7-22-9-12(19)2/h3-5,10,12H,6-9H2,1-2H3/t12-/m0/s1. The molecule has 1 aliphatic rings. The SMILES string of the molecule is Cc1cccc2c(=O)n(CC(=O)N3CCOC[C@@H]3C)cnc12. The minimum atomic E-state index is -0.178. The van der Waals surface area contributed by atoms with Crippen LogP contribution in [0.25, 0.3) is 10.9 Å². The van der Waals surface area contributed by atoms with Crippen molar-refractivity contribution in [2.45, 2.75) is 26.4 Å². The Morgan fingerprint density at radius 1 is 1.45 bits per heavy atom. The maximum Gasteiger partial charge on any atom is 0.261 e. The Balaban J connectivity index is 1.89. The van der Waals surface area contributed by atoms with Crippen molar-refractivity contribution in [1.29, 1.82) is 0 Å². The van der Waals surface area contributed by atoms with Gasteiger partial charge in [-0.3, -0.25) is 14.2 Å². The van der Waals surface area contributed by atoms with Crippen LogP contribution in [0.4, 0.5) is 0 Å². The summed E-state index contributed by atoms with van der Waals surface area (Å²) in [6, 6.07) is 5.53. The molecule has 0 spiro atoms. The van der Waals surface area contributed by atoms with Gasteiger partial charge in [0.05, 0.1) is 36.5 Å². The minimum absolute atomic E-state index is 0.0139. The highest BCUT2D eigenvalue weighted by Crippen LogP contribution is 2.12. The molecule has 0 radical (unpaired) electrons. The van der Waals surface area contributed by atoms with Crippen LogP contribution in [0.3, 0.4) is 0 Å². The van der Waals surface area contributed by atoms with Gasteiger partial charge in [0.1, 0.15) is 6.54 Å². The average molecular weight is 301 g/mol. The smallest absolute Gasteiger partial charge is 0.261 e. The molecule has 6 heteroatoms. The molecule has 1 aromatic heterocycles. The van der Waals surface area contributed by atoms with Crippen LogP contribution in [0.1, 0.15) is 12.5 Å². The zero-order chi connectivity index (χ0) is 15.7. The van der Waals surface area contributed by atoms with Crippen molar-refractivity contribution >= 4 is 16.8 Å². The van der Waals surface area contributed by atoms with Crippen LogP contribution in [0, 0.1) is 6.92 Å². The summed E-state index contributed by atoms with van der Waals surface area (Å²) < 4.78 is 6.71. The van der Waals surface area contributed by atoms with Crippen LogP contribution in [0.2, 0.25) is 0 Å². The maximum atomic E-state index is 12.5. The van der Waals surface area contributed by atoms with Crippen molar-refractivity contribution < 1.29 is 9.53 Å². The van der Waals surface area contributed by atoms with Crippen LogP contribution >= 0.6 is 0 Å². The van der Waals surface area contributed by atoms with Gasteiger partial charge in [-0.2, -0.15) is 0 Å². The van der Waals surface area contributed by atoms with E-state index in [1.54, 1.807) is 11.0 Å². The van der Waals surface area contributed by atoms with Gasteiger partial charge in [0.2, 0.25) is 5.91 Å². The van der Waals surface area contributed by atoms with Gasteiger partial charge in [0.25, 0.3) is 5.56 Å². The quantitative estimate of drug-likeness (QED) is 0.828. The second-order valence-corrected chi connectivity index (χ2v) is 5.66. The molecule has 0 aliphatic carbocycles. The number of aryl methyl sites for hydroxylation is 1. The molecular weight excluding hydrogens is 282 g/mol. The van der Waals surface area contributed by atoms with E-state index in [4.69, 9.17) is 4.74 Å². The van der Waals surface area contributed by atoms with Crippen LogP contribution < -0.4 is 5.56 Å². The highest BCUT2D eigenvalue weighted by atomic mass is 16.5. The molecule has 2 aromatic rings. The summed E-state index contributed by atoms with van der Waals surface area (Å²) in [6.07, 6.45) is 1.46. The lowest BCUT2D eigenvalue weighted by atomic mass is 10.1. The number of fused-ring (bicyclic) bond motifs is 1. The van der Waals surface area contributed by atoms with E-state index in [2.05, 4.69) is 4.98 Å². The second kappa shape index (κ2) is 5.88. The number of aromatic nitrogens is 2. The molecule has 1 amide bonds. The third kappa shape index (κ3) is 2.62. The summed E-state index contributed by atoms with van der Waals surface area (Å²) in [7, 11) is 0. The summed E-state index contributed by atoms with van der Waals surface area (Å²) in [4.78, 5) is 31.0. The summed E-state index contributed by atoms with van der Waals surface area (Å²) in [5.41, 5.74) is 1.47. The highest BCUT2D eigenvalue weighted by Gasteiger charge is 2.24. The van der Waals surface area contributed by atoms with Crippen LogP contribution in [-0.2, 0) is 16.1 Å². The number of rotatable bonds is 2. The molecule has 116 valence electrons. The monoisotopic (exact) mass is 301 g/mol.